The molecule has 0 amide bonds. The van der Waals surface area contributed by atoms with E-state index >= 15 is 0 Å². The fourth-order valence-corrected chi connectivity index (χ4v) is 13.8. The van der Waals surface area contributed by atoms with E-state index in [2.05, 4.69) is 284 Å². The van der Waals surface area contributed by atoms with Crippen molar-refractivity contribution in [3.8, 4) is 55.6 Å². The van der Waals surface area contributed by atoms with Crippen LogP contribution < -0.4 is 4.90 Å². The van der Waals surface area contributed by atoms with Gasteiger partial charge >= 0.3 is 0 Å². The molecule has 0 aliphatic heterocycles. The molecule has 1 heteroatoms. The second-order valence-corrected chi connectivity index (χ2v) is 20.6. The van der Waals surface area contributed by atoms with Crippen molar-refractivity contribution in [2.75, 3.05) is 4.90 Å². The van der Waals surface area contributed by atoms with E-state index in [-0.39, 0.29) is 5.92 Å². The maximum Gasteiger partial charge on any atom is 0.0726 e. The maximum absolute atomic E-state index is 2.52. The summed E-state index contributed by atoms with van der Waals surface area (Å²) in [5.41, 5.74) is 25.0. The fraction of sp³-hybridized carbons (Fsp3) is 0.0270. The summed E-state index contributed by atoms with van der Waals surface area (Å²) in [4.78, 5) is 2.52. The molecule has 75 heavy (non-hydrogen) atoms. The van der Waals surface area contributed by atoms with Gasteiger partial charge in [0.15, 0.2) is 0 Å². The molecule has 348 valence electrons. The number of hydrogen-bond donors (Lipinski definition) is 0. The molecule has 13 aromatic rings. The Kier molecular flexibility index (Phi) is 9.08. The number of fused-ring (bicyclic) bond motifs is 19. The Hall–Kier alpha value is -9.56. The average Bonchev–Trinajstić information content (AvgIpc) is 4.25. The maximum atomic E-state index is 2.52. The standard InChI is InChI=1S/C74H47N/c1-2-17-50(18-3-1)72-63-26-8-6-22-57(63)58-43-39-51(45-66(58)72)49-35-33-47(34-36-49)48-37-40-52(41-38-48)75(71-32-16-28-65-56-20-5-4-19-54(56)55-21-7-9-27-64(55)73(65)71)53-42-44-62-61-25-12-15-31-69(61)74(70(62)46-53)67-29-13-10-23-59(67)60-24-11-14-30-68(60)74/h1-46,72H. The molecule has 13 aromatic carbocycles. The number of nitrogens with zero attached hydrogens (tertiary/aromatic N) is 1. The molecule has 0 saturated carbocycles. The summed E-state index contributed by atoms with van der Waals surface area (Å²) in [6.07, 6.45) is 0. The topological polar surface area (TPSA) is 3.24 Å². The lowest BCUT2D eigenvalue weighted by molar-refractivity contribution is 0.793. The van der Waals surface area contributed by atoms with Gasteiger partial charge < -0.3 is 4.90 Å². The summed E-state index contributed by atoms with van der Waals surface area (Å²) >= 11 is 0. The predicted molar refractivity (Wildman–Crippen MR) is 314 cm³/mol. The summed E-state index contributed by atoms with van der Waals surface area (Å²) < 4.78 is 0. The van der Waals surface area contributed by atoms with E-state index < -0.39 is 5.41 Å². The first-order chi connectivity index (χ1) is 37.2. The molecule has 0 fully saturated rings. The largest absolute Gasteiger partial charge is 0.310 e. The van der Waals surface area contributed by atoms with Gasteiger partial charge in [-0.15, -0.1) is 0 Å². The highest BCUT2D eigenvalue weighted by molar-refractivity contribution is 6.28. The minimum atomic E-state index is -0.465. The number of rotatable bonds is 6. The molecule has 0 N–H and O–H groups in total. The van der Waals surface area contributed by atoms with E-state index in [1.165, 1.54) is 127 Å². The monoisotopic (exact) mass is 949 g/mol. The molecule has 1 nitrogen and oxygen atoms in total. The third kappa shape index (κ3) is 6.01. The van der Waals surface area contributed by atoms with Crippen LogP contribution in [0.25, 0.3) is 88.0 Å². The highest BCUT2D eigenvalue weighted by Gasteiger charge is 2.51. The highest BCUT2D eigenvalue weighted by atomic mass is 15.1. The molecular weight excluding hydrogens is 903 g/mol. The molecule has 1 unspecified atom stereocenters. The van der Waals surface area contributed by atoms with E-state index in [1.807, 2.05) is 0 Å². The molecular formula is C74H47N. The lowest BCUT2D eigenvalue weighted by atomic mass is 9.70. The van der Waals surface area contributed by atoms with Gasteiger partial charge in [-0.25, -0.2) is 0 Å². The first kappa shape index (κ1) is 42.0. The van der Waals surface area contributed by atoms with E-state index in [1.54, 1.807) is 0 Å². The van der Waals surface area contributed by atoms with Crippen LogP contribution in [-0.4, -0.2) is 0 Å². The summed E-state index contributed by atoms with van der Waals surface area (Å²) in [5, 5.41) is 7.53. The van der Waals surface area contributed by atoms with Crippen LogP contribution in [0.3, 0.4) is 0 Å². The zero-order valence-corrected chi connectivity index (χ0v) is 41.1. The molecule has 0 saturated heterocycles. The Labute approximate surface area is 436 Å². The molecule has 0 bridgehead atoms. The van der Waals surface area contributed by atoms with Crippen LogP contribution in [0.4, 0.5) is 17.1 Å². The molecule has 3 aliphatic rings. The third-order valence-electron chi connectivity index (χ3n) is 17.0. The van der Waals surface area contributed by atoms with Gasteiger partial charge in [-0.1, -0.05) is 243 Å². The van der Waals surface area contributed by atoms with Gasteiger partial charge in [-0.3, -0.25) is 0 Å². The van der Waals surface area contributed by atoms with Crippen LogP contribution in [-0.2, 0) is 5.41 Å². The summed E-state index contributed by atoms with van der Waals surface area (Å²) in [6, 6.07) is 105. The Morgan fingerprint density at radius 3 is 1.32 bits per heavy atom. The second kappa shape index (κ2) is 16.2. The van der Waals surface area contributed by atoms with Gasteiger partial charge in [0.05, 0.1) is 11.1 Å². The first-order valence-corrected chi connectivity index (χ1v) is 26.3. The highest BCUT2D eigenvalue weighted by Crippen LogP contribution is 2.63. The van der Waals surface area contributed by atoms with Gasteiger partial charge in [0.1, 0.15) is 0 Å². The van der Waals surface area contributed by atoms with Crippen molar-refractivity contribution >= 4 is 49.4 Å². The second-order valence-electron chi connectivity index (χ2n) is 20.6. The van der Waals surface area contributed by atoms with Crippen LogP contribution in [0.1, 0.15) is 44.9 Å². The Morgan fingerprint density at radius 2 is 0.693 bits per heavy atom. The molecule has 3 aliphatic carbocycles. The number of hydrogen-bond acceptors (Lipinski definition) is 1. The molecule has 0 aromatic heterocycles. The fourth-order valence-electron chi connectivity index (χ4n) is 13.8. The lowest BCUT2D eigenvalue weighted by Crippen LogP contribution is -2.26. The normalized spacial score (nSPS) is 14.1. The summed E-state index contributed by atoms with van der Waals surface area (Å²) in [5.74, 6) is 0.215. The van der Waals surface area contributed by atoms with Crippen molar-refractivity contribution in [1.82, 2.24) is 0 Å². The summed E-state index contributed by atoms with van der Waals surface area (Å²) in [7, 11) is 0. The van der Waals surface area contributed by atoms with Crippen molar-refractivity contribution in [3.63, 3.8) is 0 Å². The first-order valence-electron chi connectivity index (χ1n) is 26.3. The Morgan fingerprint density at radius 1 is 0.267 bits per heavy atom. The smallest absolute Gasteiger partial charge is 0.0726 e. The SMILES string of the molecule is c1ccc(C2c3ccccc3-c3ccc(-c4ccc(-c5ccc(N(c6ccc7c(c6)C6(c8ccccc8-c8ccccc86)c6ccccc6-7)c6cccc7c8ccccc8c8ccccc8c67)cc5)cc4)cc32)cc1. The van der Waals surface area contributed by atoms with E-state index in [0.717, 1.165) is 17.1 Å². The van der Waals surface area contributed by atoms with E-state index in [9.17, 15) is 0 Å². The van der Waals surface area contributed by atoms with Crippen LogP contribution >= 0.6 is 0 Å². The van der Waals surface area contributed by atoms with Gasteiger partial charge in [-0.05, 0) is 158 Å². The zero-order chi connectivity index (χ0) is 49.2. The number of benzene rings is 13. The molecule has 1 spiro atoms. The Bertz CT molecular complexity index is 4360. The van der Waals surface area contributed by atoms with Gasteiger partial charge in [-0.2, -0.15) is 0 Å². The van der Waals surface area contributed by atoms with Crippen LogP contribution in [0.5, 0.6) is 0 Å². The zero-order valence-electron chi connectivity index (χ0n) is 41.1. The van der Waals surface area contributed by atoms with Crippen molar-refractivity contribution in [1.29, 1.82) is 0 Å². The van der Waals surface area contributed by atoms with Crippen LogP contribution in [0.15, 0.2) is 279 Å². The van der Waals surface area contributed by atoms with Crippen molar-refractivity contribution in [2.45, 2.75) is 11.3 Å². The average molecular weight is 950 g/mol. The lowest BCUT2D eigenvalue weighted by Gasteiger charge is -2.32. The van der Waals surface area contributed by atoms with Crippen molar-refractivity contribution in [2.24, 2.45) is 0 Å². The predicted octanol–water partition coefficient (Wildman–Crippen LogP) is 19.5. The van der Waals surface area contributed by atoms with Crippen LogP contribution in [0, 0.1) is 0 Å². The van der Waals surface area contributed by atoms with E-state index in [0.29, 0.717) is 0 Å². The molecule has 0 heterocycles. The Balaban J connectivity index is 0.846. The molecule has 1 atom stereocenters. The van der Waals surface area contributed by atoms with Crippen molar-refractivity contribution < 1.29 is 0 Å². The van der Waals surface area contributed by atoms with Crippen LogP contribution in [0.2, 0.25) is 0 Å². The van der Waals surface area contributed by atoms with E-state index in [4.69, 9.17) is 0 Å². The van der Waals surface area contributed by atoms with Crippen molar-refractivity contribution in [3.05, 3.63) is 318 Å². The summed E-state index contributed by atoms with van der Waals surface area (Å²) in [6.45, 7) is 0. The minimum Gasteiger partial charge on any atom is -0.310 e. The quantitative estimate of drug-likeness (QED) is 0.150. The third-order valence-corrected chi connectivity index (χ3v) is 17.0. The number of anilines is 3. The molecule has 0 radical (unpaired) electrons. The van der Waals surface area contributed by atoms with Gasteiger partial charge in [0.25, 0.3) is 0 Å². The minimum absolute atomic E-state index is 0.215. The van der Waals surface area contributed by atoms with Gasteiger partial charge in [0.2, 0.25) is 0 Å². The van der Waals surface area contributed by atoms with Gasteiger partial charge in [0, 0.05) is 22.7 Å². The molecule has 16 rings (SSSR count).